The van der Waals surface area contributed by atoms with Crippen LogP contribution in [-0.4, -0.2) is 17.0 Å². The van der Waals surface area contributed by atoms with Crippen molar-refractivity contribution in [2.24, 2.45) is 0 Å². The van der Waals surface area contributed by atoms with E-state index in [1.807, 2.05) is 0 Å². The van der Waals surface area contributed by atoms with E-state index < -0.39 is 11.9 Å². The minimum absolute atomic E-state index is 0.00261. The molecule has 0 aliphatic rings. The summed E-state index contributed by atoms with van der Waals surface area (Å²) in [6.07, 6.45) is 4.27. The Bertz CT molecular complexity index is 662. The van der Waals surface area contributed by atoms with E-state index in [1.54, 1.807) is 12.1 Å². The molecule has 0 aliphatic carbocycles. The van der Waals surface area contributed by atoms with E-state index in [2.05, 4.69) is 5.32 Å². The van der Waals surface area contributed by atoms with Crippen molar-refractivity contribution in [1.29, 1.82) is 0 Å². The summed E-state index contributed by atoms with van der Waals surface area (Å²) in [5.74, 6) is -0.994. The average Bonchev–Trinajstić information content (AvgIpc) is 2.88. The largest absolute Gasteiger partial charge is 0.478 e. The number of halogens is 1. The molecule has 1 amide bonds. The molecule has 0 radical (unpaired) electrons. The number of nitrogens with one attached hydrogen (secondary N) is 1. The van der Waals surface area contributed by atoms with Crippen molar-refractivity contribution in [2.45, 2.75) is 0 Å². The molecule has 1 heterocycles. The van der Waals surface area contributed by atoms with Gasteiger partial charge in [0.25, 0.3) is 0 Å². The smallest absolute Gasteiger partial charge is 0.335 e. The Hall–Kier alpha value is -2.53. The maximum absolute atomic E-state index is 11.7. The highest BCUT2D eigenvalue weighted by atomic mass is 35.5. The minimum Gasteiger partial charge on any atom is -0.478 e. The molecular weight excluding hydrogens is 282 g/mol. The summed E-state index contributed by atoms with van der Waals surface area (Å²) >= 11 is 5.79. The van der Waals surface area contributed by atoms with E-state index >= 15 is 0 Å². The number of carboxylic acids is 1. The second-order valence-electron chi connectivity index (χ2n) is 3.87. The van der Waals surface area contributed by atoms with Crippen molar-refractivity contribution in [3.05, 3.63) is 59.0 Å². The number of furan rings is 1. The van der Waals surface area contributed by atoms with Crippen LogP contribution < -0.4 is 5.32 Å². The first-order chi connectivity index (χ1) is 9.54. The summed E-state index contributed by atoms with van der Waals surface area (Å²) in [4.78, 5) is 22.5. The van der Waals surface area contributed by atoms with Gasteiger partial charge in [-0.3, -0.25) is 4.79 Å². The molecule has 0 spiro atoms. The van der Waals surface area contributed by atoms with Crippen molar-refractivity contribution >= 4 is 35.2 Å². The lowest BCUT2D eigenvalue weighted by molar-refractivity contribution is -0.111. The zero-order chi connectivity index (χ0) is 14.5. The lowest BCUT2D eigenvalue weighted by atomic mass is 10.2. The standard InChI is InChI=1S/C14H10ClNO4/c15-10-6-9(14(18)19)7-11(8-10)16-13(17)4-3-12-2-1-5-20-12/h1-8H,(H,16,17)(H,18,19)/b4-3+. The van der Waals surface area contributed by atoms with Gasteiger partial charge in [0.1, 0.15) is 5.76 Å². The van der Waals surface area contributed by atoms with Gasteiger partial charge in [-0.05, 0) is 36.4 Å². The third-order valence-corrected chi connectivity index (χ3v) is 2.57. The van der Waals surface area contributed by atoms with E-state index in [4.69, 9.17) is 21.1 Å². The topological polar surface area (TPSA) is 79.5 Å². The predicted molar refractivity (Wildman–Crippen MR) is 74.8 cm³/mol. The first-order valence-corrected chi connectivity index (χ1v) is 5.99. The molecule has 5 nitrogen and oxygen atoms in total. The van der Waals surface area contributed by atoms with E-state index in [0.29, 0.717) is 11.4 Å². The van der Waals surface area contributed by atoms with Crippen LogP contribution in [0.2, 0.25) is 5.02 Å². The summed E-state index contributed by atoms with van der Waals surface area (Å²) in [7, 11) is 0. The van der Waals surface area contributed by atoms with Crippen LogP contribution in [0.15, 0.2) is 47.1 Å². The van der Waals surface area contributed by atoms with E-state index in [9.17, 15) is 9.59 Å². The highest BCUT2D eigenvalue weighted by molar-refractivity contribution is 6.31. The molecule has 0 bridgehead atoms. The minimum atomic E-state index is -1.12. The van der Waals surface area contributed by atoms with Crippen LogP contribution in [0.1, 0.15) is 16.1 Å². The Morgan fingerprint density at radius 2 is 2.10 bits per heavy atom. The highest BCUT2D eigenvalue weighted by Crippen LogP contribution is 2.19. The average molecular weight is 292 g/mol. The third kappa shape index (κ3) is 3.73. The molecule has 20 heavy (non-hydrogen) atoms. The van der Waals surface area contributed by atoms with Crippen LogP contribution in [0.4, 0.5) is 5.69 Å². The number of hydrogen-bond donors (Lipinski definition) is 2. The molecule has 2 N–H and O–H groups in total. The predicted octanol–water partition coefficient (Wildman–Crippen LogP) is 3.28. The van der Waals surface area contributed by atoms with Gasteiger partial charge in [0, 0.05) is 16.8 Å². The SMILES string of the molecule is O=C(/C=C/c1ccco1)Nc1cc(Cl)cc(C(=O)O)c1. The summed E-state index contributed by atoms with van der Waals surface area (Å²) in [6.45, 7) is 0. The maximum Gasteiger partial charge on any atom is 0.335 e. The fourth-order valence-corrected chi connectivity index (χ4v) is 1.75. The zero-order valence-corrected chi connectivity index (χ0v) is 10.9. The monoisotopic (exact) mass is 291 g/mol. The van der Waals surface area contributed by atoms with Gasteiger partial charge in [0.15, 0.2) is 0 Å². The molecule has 0 saturated heterocycles. The van der Waals surface area contributed by atoms with Crippen molar-refractivity contribution in [1.82, 2.24) is 0 Å². The molecule has 0 unspecified atom stereocenters. The van der Waals surface area contributed by atoms with Crippen LogP contribution in [0.5, 0.6) is 0 Å². The highest BCUT2D eigenvalue weighted by Gasteiger charge is 2.07. The molecule has 2 rings (SSSR count). The molecule has 1 aromatic carbocycles. The van der Waals surface area contributed by atoms with Gasteiger partial charge in [-0.25, -0.2) is 4.79 Å². The van der Waals surface area contributed by atoms with Crippen LogP contribution in [0, 0.1) is 0 Å². The summed E-state index contributed by atoms with van der Waals surface area (Å²) in [5.41, 5.74) is 0.312. The van der Waals surface area contributed by atoms with Gasteiger partial charge in [-0.1, -0.05) is 11.6 Å². The molecular formula is C14H10ClNO4. The van der Waals surface area contributed by atoms with E-state index in [1.165, 1.54) is 36.6 Å². The Morgan fingerprint density at radius 1 is 1.30 bits per heavy atom. The number of benzene rings is 1. The van der Waals surface area contributed by atoms with E-state index in [0.717, 1.165) is 0 Å². The molecule has 1 aromatic heterocycles. The van der Waals surface area contributed by atoms with Crippen molar-refractivity contribution in [3.63, 3.8) is 0 Å². The normalized spacial score (nSPS) is 10.7. The first-order valence-electron chi connectivity index (χ1n) is 5.61. The van der Waals surface area contributed by atoms with Crippen LogP contribution in [0.25, 0.3) is 6.08 Å². The van der Waals surface area contributed by atoms with Gasteiger partial charge < -0.3 is 14.8 Å². The lowest BCUT2D eigenvalue weighted by Crippen LogP contribution is -2.08. The Kier molecular flexibility index (Phi) is 4.22. The summed E-state index contributed by atoms with van der Waals surface area (Å²) in [5, 5.41) is 11.7. The molecule has 0 saturated carbocycles. The summed E-state index contributed by atoms with van der Waals surface area (Å²) < 4.78 is 5.04. The molecule has 102 valence electrons. The molecule has 6 heteroatoms. The maximum atomic E-state index is 11.7. The summed E-state index contributed by atoms with van der Waals surface area (Å²) in [6, 6.07) is 7.50. The van der Waals surface area contributed by atoms with Crippen LogP contribution >= 0.6 is 11.6 Å². The zero-order valence-electron chi connectivity index (χ0n) is 10.2. The Morgan fingerprint density at radius 3 is 2.75 bits per heavy atom. The number of aromatic carboxylic acids is 1. The third-order valence-electron chi connectivity index (χ3n) is 2.35. The fraction of sp³-hybridized carbons (Fsp3) is 0. The number of carbonyl (C=O) groups excluding carboxylic acids is 1. The van der Waals surface area contributed by atoms with Crippen molar-refractivity contribution in [2.75, 3.05) is 5.32 Å². The number of carboxylic acid groups (broad SMARTS) is 1. The second kappa shape index (κ2) is 6.08. The number of hydrogen-bond acceptors (Lipinski definition) is 3. The van der Waals surface area contributed by atoms with Crippen molar-refractivity contribution < 1.29 is 19.1 Å². The number of rotatable bonds is 4. The molecule has 0 atom stereocenters. The van der Waals surface area contributed by atoms with Gasteiger partial charge in [0.05, 0.1) is 11.8 Å². The van der Waals surface area contributed by atoms with Gasteiger partial charge >= 0.3 is 5.97 Å². The van der Waals surface area contributed by atoms with Crippen molar-refractivity contribution in [3.8, 4) is 0 Å². The Balaban J connectivity index is 2.09. The van der Waals surface area contributed by atoms with Crippen LogP contribution in [0.3, 0.4) is 0 Å². The molecule has 2 aromatic rings. The van der Waals surface area contributed by atoms with E-state index in [-0.39, 0.29) is 10.6 Å². The van der Waals surface area contributed by atoms with Gasteiger partial charge in [0.2, 0.25) is 5.91 Å². The Labute approximate surface area is 119 Å². The lowest BCUT2D eigenvalue weighted by Gasteiger charge is -2.04. The number of anilines is 1. The number of amides is 1. The fourth-order valence-electron chi connectivity index (χ4n) is 1.51. The van der Waals surface area contributed by atoms with Gasteiger partial charge in [-0.15, -0.1) is 0 Å². The number of carbonyl (C=O) groups is 2. The quantitative estimate of drug-likeness (QED) is 0.847. The van der Waals surface area contributed by atoms with Gasteiger partial charge in [-0.2, -0.15) is 0 Å². The first kappa shape index (κ1) is 13.9. The van der Waals surface area contributed by atoms with Crippen LogP contribution in [-0.2, 0) is 4.79 Å². The molecule has 0 fully saturated rings. The second-order valence-corrected chi connectivity index (χ2v) is 4.31. The molecule has 0 aliphatic heterocycles.